The third-order valence-corrected chi connectivity index (χ3v) is 2.99. The second-order valence-electron chi connectivity index (χ2n) is 4.74. The van der Waals surface area contributed by atoms with E-state index in [1.54, 1.807) is 33.9 Å². The number of nitrogens with one attached hydrogen (secondary N) is 1. The Morgan fingerprint density at radius 3 is 2.35 bits per heavy atom. The molecule has 0 radical (unpaired) electrons. The molecule has 0 atom stereocenters. The number of hydrogen-bond acceptors (Lipinski definition) is 4. The first-order valence-electron chi connectivity index (χ1n) is 6.38. The fraction of sp³-hybridized carbons (Fsp3) is 0.333. The summed E-state index contributed by atoms with van der Waals surface area (Å²) in [6, 6.07) is 5.40. The topological polar surface area (TPSA) is 47.0 Å². The second kappa shape index (κ2) is 5.86. The van der Waals surface area contributed by atoms with Crippen LogP contribution in [0.3, 0.4) is 0 Å². The molecule has 1 aromatic heterocycles. The number of methoxy groups -OCH3 is 1. The lowest BCUT2D eigenvalue weighted by atomic mass is 10.1. The third kappa shape index (κ3) is 3.23. The molecule has 4 nitrogen and oxygen atoms in total. The lowest BCUT2D eigenvalue weighted by Crippen LogP contribution is -2.05. The van der Waals surface area contributed by atoms with Crippen LogP contribution in [0.2, 0.25) is 0 Å². The first-order chi connectivity index (χ1) is 9.49. The number of aromatic nitrogens is 2. The predicted octanol–water partition coefficient (Wildman–Crippen LogP) is 3.16. The maximum atomic E-state index is 13.6. The molecule has 1 aromatic carbocycles. The summed E-state index contributed by atoms with van der Waals surface area (Å²) in [7, 11) is 1.57. The predicted molar refractivity (Wildman–Crippen MR) is 76.5 cm³/mol. The zero-order chi connectivity index (χ0) is 14.7. The van der Waals surface area contributed by atoms with Crippen molar-refractivity contribution in [3.63, 3.8) is 0 Å². The second-order valence-corrected chi connectivity index (χ2v) is 4.74. The third-order valence-electron chi connectivity index (χ3n) is 2.99. The number of anilines is 1. The highest BCUT2D eigenvalue weighted by Gasteiger charge is 2.05. The van der Waals surface area contributed by atoms with Gasteiger partial charge in [0.1, 0.15) is 17.5 Å². The van der Waals surface area contributed by atoms with Gasteiger partial charge in [-0.25, -0.2) is 9.37 Å². The van der Waals surface area contributed by atoms with Gasteiger partial charge in [0.2, 0.25) is 5.88 Å². The summed E-state index contributed by atoms with van der Waals surface area (Å²) >= 11 is 0. The Balaban J connectivity index is 2.14. The Labute approximate surface area is 118 Å². The van der Waals surface area contributed by atoms with E-state index in [2.05, 4.69) is 15.3 Å². The number of rotatable bonds is 4. The molecule has 2 rings (SSSR count). The van der Waals surface area contributed by atoms with Crippen molar-refractivity contribution in [1.82, 2.24) is 9.97 Å². The van der Waals surface area contributed by atoms with Gasteiger partial charge in [-0.2, -0.15) is 4.98 Å². The molecule has 0 fully saturated rings. The number of aryl methyl sites for hydroxylation is 3. The fourth-order valence-corrected chi connectivity index (χ4v) is 2.07. The lowest BCUT2D eigenvalue weighted by Gasteiger charge is -2.10. The van der Waals surface area contributed by atoms with Crippen molar-refractivity contribution in [1.29, 1.82) is 0 Å². The quantitative estimate of drug-likeness (QED) is 0.931. The molecule has 0 aliphatic rings. The first-order valence-corrected chi connectivity index (χ1v) is 6.38. The summed E-state index contributed by atoms with van der Waals surface area (Å²) in [5.74, 6) is 1.70. The van der Waals surface area contributed by atoms with Crippen LogP contribution in [0.1, 0.15) is 22.5 Å². The van der Waals surface area contributed by atoms with Crippen molar-refractivity contribution >= 4 is 5.82 Å². The lowest BCUT2D eigenvalue weighted by molar-refractivity contribution is 0.396. The molecule has 0 unspecified atom stereocenters. The van der Waals surface area contributed by atoms with Crippen molar-refractivity contribution < 1.29 is 9.13 Å². The zero-order valence-electron chi connectivity index (χ0n) is 12.1. The smallest absolute Gasteiger partial charge is 0.218 e. The summed E-state index contributed by atoms with van der Waals surface area (Å²) in [5, 5.41) is 3.20. The molecule has 0 spiro atoms. The van der Waals surface area contributed by atoms with Gasteiger partial charge in [0.05, 0.1) is 7.11 Å². The number of nitrogens with zero attached hydrogens (tertiary/aromatic N) is 2. The molecule has 0 amide bonds. The van der Waals surface area contributed by atoms with E-state index >= 15 is 0 Å². The number of hydrogen-bond donors (Lipinski definition) is 1. The molecule has 20 heavy (non-hydrogen) atoms. The highest BCUT2D eigenvalue weighted by molar-refractivity contribution is 5.40. The van der Waals surface area contributed by atoms with Crippen LogP contribution < -0.4 is 10.1 Å². The standard InChI is InChI=1S/C15H18FN3O/c1-9-5-12(6-10(2)15(9)16)8-17-13-7-14(20-4)19-11(3)18-13/h5-7H,8H2,1-4H3,(H,17,18,19). The highest BCUT2D eigenvalue weighted by Crippen LogP contribution is 2.17. The minimum atomic E-state index is -0.145. The SMILES string of the molecule is COc1cc(NCc2cc(C)c(F)c(C)c2)nc(C)n1. The monoisotopic (exact) mass is 275 g/mol. The van der Waals surface area contributed by atoms with Crippen LogP contribution >= 0.6 is 0 Å². The minimum Gasteiger partial charge on any atom is -0.481 e. The van der Waals surface area contributed by atoms with E-state index in [1.807, 2.05) is 12.1 Å². The van der Waals surface area contributed by atoms with Crippen LogP contribution in [0, 0.1) is 26.6 Å². The minimum absolute atomic E-state index is 0.145. The summed E-state index contributed by atoms with van der Waals surface area (Å²) in [6.07, 6.45) is 0. The van der Waals surface area contributed by atoms with E-state index in [0.29, 0.717) is 35.2 Å². The van der Waals surface area contributed by atoms with Crippen LogP contribution in [-0.2, 0) is 6.54 Å². The van der Waals surface area contributed by atoms with Crippen molar-refractivity contribution in [2.45, 2.75) is 27.3 Å². The Morgan fingerprint density at radius 2 is 1.75 bits per heavy atom. The van der Waals surface area contributed by atoms with Gasteiger partial charge in [-0.15, -0.1) is 0 Å². The van der Waals surface area contributed by atoms with Crippen LogP contribution in [0.25, 0.3) is 0 Å². The maximum absolute atomic E-state index is 13.6. The van der Waals surface area contributed by atoms with E-state index in [1.165, 1.54) is 0 Å². The number of benzene rings is 1. The summed E-state index contributed by atoms with van der Waals surface area (Å²) in [6.45, 7) is 5.91. The van der Waals surface area contributed by atoms with Gasteiger partial charge in [0.25, 0.3) is 0 Å². The van der Waals surface area contributed by atoms with Gasteiger partial charge in [-0.3, -0.25) is 0 Å². The van der Waals surface area contributed by atoms with Crippen LogP contribution in [-0.4, -0.2) is 17.1 Å². The zero-order valence-corrected chi connectivity index (χ0v) is 12.1. The molecule has 106 valence electrons. The molecule has 2 aromatic rings. The molecule has 1 heterocycles. The number of ether oxygens (including phenoxy) is 1. The van der Waals surface area contributed by atoms with Gasteiger partial charge in [-0.1, -0.05) is 12.1 Å². The molecule has 5 heteroatoms. The van der Waals surface area contributed by atoms with E-state index in [9.17, 15) is 4.39 Å². The molecule has 1 N–H and O–H groups in total. The Hall–Kier alpha value is -2.17. The average molecular weight is 275 g/mol. The summed E-state index contributed by atoms with van der Waals surface area (Å²) in [5.41, 5.74) is 2.31. The molecule has 0 saturated carbocycles. The maximum Gasteiger partial charge on any atom is 0.218 e. The molecule has 0 saturated heterocycles. The fourth-order valence-electron chi connectivity index (χ4n) is 2.07. The van der Waals surface area contributed by atoms with E-state index in [-0.39, 0.29) is 5.82 Å². The van der Waals surface area contributed by atoms with Crippen molar-refractivity contribution in [3.8, 4) is 5.88 Å². The van der Waals surface area contributed by atoms with E-state index in [0.717, 1.165) is 5.56 Å². The molecule has 0 aliphatic carbocycles. The van der Waals surface area contributed by atoms with Crippen molar-refractivity contribution in [3.05, 3.63) is 46.5 Å². The first kappa shape index (κ1) is 14.2. The van der Waals surface area contributed by atoms with E-state index < -0.39 is 0 Å². The molecular weight excluding hydrogens is 257 g/mol. The summed E-state index contributed by atoms with van der Waals surface area (Å²) < 4.78 is 18.7. The Morgan fingerprint density at radius 1 is 1.10 bits per heavy atom. The van der Waals surface area contributed by atoms with Gasteiger partial charge < -0.3 is 10.1 Å². The van der Waals surface area contributed by atoms with E-state index in [4.69, 9.17) is 4.74 Å². The molecule has 0 aliphatic heterocycles. The average Bonchev–Trinajstić information content (AvgIpc) is 2.41. The van der Waals surface area contributed by atoms with Crippen molar-refractivity contribution in [2.75, 3.05) is 12.4 Å². The molecule has 0 bridgehead atoms. The summed E-state index contributed by atoms with van der Waals surface area (Å²) in [4.78, 5) is 8.41. The highest BCUT2D eigenvalue weighted by atomic mass is 19.1. The van der Waals surface area contributed by atoms with Crippen LogP contribution in [0.15, 0.2) is 18.2 Å². The number of halogens is 1. The van der Waals surface area contributed by atoms with Crippen LogP contribution in [0.4, 0.5) is 10.2 Å². The molecular formula is C15H18FN3O. The van der Waals surface area contributed by atoms with Crippen molar-refractivity contribution in [2.24, 2.45) is 0 Å². The normalized spacial score (nSPS) is 10.4. The van der Waals surface area contributed by atoms with Gasteiger partial charge >= 0.3 is 0 Å². The Kier molecular flexibility index (Phi) is 4.17. The Bertz CT molecular complexity index is 606. The van der Waals surface area contributed by atoms with Crippen LogP contribution in [0.5, 0.6) is 5.88 Å². The van der Waals surface area contributed by atoms with Gasteiger partial charge in [-0.05, 0) is 37.5 Å². The largest absolute Gasteiger partial charge is 0.481 e. The van der Waals surface area contributed by atoms with Gasteiger partial charge in [0, 0.05) is 12.6 Å². The van der Waals surface area contributed by atoms with Gasteiger partial charge in [0.15, 0.2) is 0 Å².